The van der Waals surface area contributed by atoms with E-state index >= 15 is 0 Å². The van der Waals surface area contributed by atoms with Crippen molar-refractivity contribution in [3.8, 4) is 0 Å². The molecule has 1 aromatic carbocycles. The summed E-state index contributed by atoms with van der Waals surface area (Å²) >= 11 is 11.8. The standard InChI is InChI=1S/C13H15ClSSe/c14-11-6-8-12(9-7-11)16-13(15)10-4-2-1-3-5-10/h6-10H,1-5H2. The van der Waals surface area contributed by atoms with E-state index < -0.39 is 0 Å². The van der Waals surface area contributed by atoms with E-state index in [-0.39, 0.29) is 0 Å². The van der Waals surface area contributed by atoms with Crippen molar-refractivity contribution >= 4 is 47.0 Å². The summed E-state index contributed by atoms with van der Waals surface area (Å²) in [5.74, 6) is 0.708. The van der Waals surface area contributed by atoms with E-state index in [4.69, 9.17) is 23.8 Å². The third kappa shape index (κ3) is 3.56. The molecule has 0 radical (unpaired) electrons. The van der Waals surface area contributed by atoms with Crippen molar-refractivity contribution in [1.29, 1.82) is 0 Å². The molecule has 0 amide bonds. The van der Waals surface area contributed by atoms with E-state index in [9.17, 15) is 0 Å². The van der Waals surface area contributed by atoms with Gasteiger partial charge in [-0.25, -0.2) is 0 Å². The van der Waals surface area contributed by atoms with Crippen LogP contribution in [0.15, 0.2) is 24.3 Å². The molecular weight excluding hydrogens is 303 g/mol. The van der Waals surface area contributed by atoms with Crippen LogP contribution in [0, 0.1) is 5.92 Å². The summed E-state index contributed by atoms with van der Waals surface area (Å²) in [6.07, 6.45) is 6.75. The Morgan fingerprint density at radius 3 is 2.38 bits per heavy atom. The van der Waals surface area contributed by atoms with Crippen LogP contribution in [0.3, 0.4) is 0 Å². The molecule has 2 rings (SSSR count). The van der Waals surface area contributed by atoms with Gasteiger partial charge in [0.15, 0.2) is 0 Å². The first-order valence-electron chi connectivity index (χ1n) is 5.73. The van der Waals surface area contributed by atoms with Gasteiger partial charge in [-0.3, -0.25) is 0 Å². The van der Waals surface area contributed by atoms with Crippen LogP contribution in [0.4, 0.5) is 0 Å². The third-order valence-corrected chi connectivity index (χ3v) is 6.18. The molecule has 1 aliphatic rings. The summed E-state index contributed by atoms with van der Waals surface area (Å²) in [4.78, 5) is 0. The Labute approximate surface area is 114 Å². The van der Waals surface area contributed by atoms with Crippen molar-refractivity contribution in [2.75, 3.05) is 0 Å². The van der Waals surface area contributed by atoms with Crippen LogP contribution in [0.2, 0.25) is 5.02 Å². The van der Waals surface area contributed by atoms with Gasteiger partial charge in [0.05, 0.1) is 0 Å². The predicted octanol–water partition coefficient (Wildman–Crippen LogP) is 3.58. The Morgan fingerprint density at radius 1 is 1.12 bits per heavy atom. The summed E-state index contributed by atoms with van der Waals surface area (Å²) in [5.41, 5.74) is 0. The van der Waals surface area contributed by atoms with E-state index in [0.29, 0.717) is 20.9 Å². The Morgan fingerprint density at radius 2 is 1.75 bits per heavy atom. The average Bonchev–Trinajstić information content (AvgIpc) is 2.33. The normalized spacial score (nSPS) is 17.3. The number of rotatable bonds is 3. The second-order valence-corrected chi connectivity index (χ2v) is 8.01. The second-order valence-electron chi connectivity index (χ2n) is 4.21. The third-order valence-electron chi connectivity index (χ3n) is 2.97. The summed E-state index contributed by atoms with van der Waals surface area (Å²) in [6.45, 7) is 0. The minimum absolute atomic E-state index is 0.349. The number of halogens is 1. The van der Waals surface area contributed by atoms with Gasteiger partial charge in [0.2, 0.25) is 0 Å². The Bertz CT molecular complexity index is 355. The molecule has 1 saturated carbocycles. The van der Waals surface area contributed by atoms with Crippen LogP contribution in [0.5, 0.6) is 0 Å². The van der Waals surface area contributed by atoms with Gasteiger partial charge in [0, 0.05) is 0 Å². The van der Waals surface area contributed by atoms with Gasteiger partial charge in [-0.1, -0.05) is 0 Å². The average molecular weight is 318 g/mol. The fraction of sp³-hybridized carbons (Fsp3) is 0.462. The molecule has 0 nitrogen and oxygen atoms in total. The van der Waals surface area contributed by atoms with Crippen LogP contribution in [0.25, 0.3) is 0 Å². The molecule has 0 atom stereocenters. The maximum atomic E-state index is 5.87. The number of hydrogen-bond acceptors (Lipinski definition) is 1. The number of benzene rings is 1. The molecule has 1 aliphatic carbocycles. The quantitative estimate of drug-likeness (QED) is 0.606. The number of thiocarbonyl (C=S) groups is 1. The summed E-state index contributed by atoms with van der Waals surface area (Å²) in [6, 6.07) is 8.14. The first-order chi connectivity index (χ1) is 7.75. The SMILES string of the molecule is S=C([Se]c1ccc(Cl)cc1)C1CCCCC1. The van der Waals surface area contributed by atoms with Gasteiger partial charge < -0.3 is 0 Å². The summed E-state index contributed by atoms with van der Waals surface area (Å²) < 4.78 is 2.65. The molecule has 0 unspecified atom stereocenters. The fourth-order valence-corrected chi connectivity index (χ4v) is 4.80. The van der Waals surface area contributed by atoms with Gasteiger partial charge >= 0.3 is 114 Å². The van der Waals surface area contributed by atoms with Gasteiger partial charge in [-0.05, 0) is 0 Å². The molecule has 0 saturated heterocycles. The zero-order chi connectivity index (χ0) is 11.4. The molecule has 3 heteroatoms. The van der Waals surface area contributed by atoms with E-state index in [1.54, 1.807) is 0 Å². The van der Waals surface area contributed by atoms with Gasteiger partial charge in [-0.15, -0.1) is 0 Å². The Kier molecular flexibility index (Phi) is 4.84. The molecule has 0 aromatic heterocycles. The van der Waals surface area contributed by atoms with Crippen LogP contribution in [0.1, 0.15) is 32.1 Å². The van der Waals surface area contributed by atoms with Crippen molar-refractivity contribution < 1.29 is 0 Å². The molecule has 0 N–H and O–H groups in total. The molecule has 1 aromatic rings. The molecule has 0 bridgehead atoms. The first-order valence-corrected chi connectivity index (χ1v) is 8.23. The molecule has 16 heavy (non-hydrogen) atoms. The van der Waals surface area contributed by atoms with Crippen molar-refractivity contribution in [2.24, 2.45) is 5.92 Å². The summed E-state index contributed by atoms with van der Waals surface area (Å²) in [5, 5.41) is 0.808. The Hall–Kier alpha value is 0.119. The van der Waals surface area contributed by atoms with Gasteiger partial charge in [0.1, 0.15) is 0 Å². The second kappa shape index (κ2) is 6.16. The fourth-order valence-electron chi connectivity index (χ4n) is 2.04. The predicted molar refractivity (Wildman–Crippen MR) is 76.0 cm³/mol. The van der Waals surface area contributed by atoms with E-state index in [1.165, 1.54) is 40.3 Å². The van der Waals surface area contributed by atoms with E-state index in [2.05, 4.69) is 12.1 Å². The molecule has 0 heterocycles. The minimum atomic E-state index is 0.349. The van der Waals surface area contributed by atoms with Crippen molar-refractivity contribution in [1.82, 2.24) is 0 Å². The van der Waals surface area contributed by atoms with Crippen LogP contribution in [-0.4, -0.2) is 18.7 Å². The monoisotopic (exact) mass is 318 g/mol. The number of hydrogen-bond donors (Lipinski definition) is 0. The summed E-state index contributed by atoms with van der Waals surface area (Å²) in [7, 11) is 0. The van der Waals surface area contributed by atoms with Crippen LogP contribution >= 0.6 is 23.8 Å². The maximum absolute atomic E-state index is 5.87. The van der Waals surface area contributed by atoms with Crippen molar-refractivity contribution in [2.45, 2.75) is 32.1 Å². The van der Waals surface area contributed by atoms with E-state index in [1.807, 2.05) is 12.1 Å². The zero-order valence-electron chi connectivity index (χ0n) is 9.12. The van der Waals surface area contributed by atoms with Crippen LogP contribution in [-0.2, 0) is 0 Å². The molecule has 0 spiro atoms. The molecule has 1 fully saturated rings. The Balaban J connectivity index is 1.93. The van der Waals surface area contributed by atoms with Crippen molar-refractivity contribution in [3.63, 3.8) is 0 Å². The van der Waals surface area contributed by atoms with Crippen molar-refractivity contribution in [3.05, 3.63) is 29.3 Å². The van der Waals surface area contributed by atoms with Gasteiger partial charge in [0.25, 0.3) is 0 Å². The molecule has 86 valence electrons. The zero-order valence-corrected chi connectivity index (χ0v) is 12.4. The molecule has 0 aliphatic heterocycles. The first kappa shape index (κ1) is 12.6. The van der Waals surface area contributed by atoms with Crippen LogP contribution < -0.4 is 4.46 Å². The van der Waals surface area contributed by atoms with E-state index in [0.717, 1.165) is 5.02 Å². The molecular formula is C13H15ClSSe. The van der Waals surface area contributed by atoms with Gasteiger partial charge in [-0.2, -0.15) is 0 Å². The topological polar surface area (TPSA) is 0 Å².